The third-order valence-corrected chi connectivity index (χ3v) is 2.74. The molecule has 0 aromatic carbocycles. The van der Waals surface area contributed by atoms with Gasteiger partial charge in [0.2, 0.25) is 5.91 Å². The molecule has 1 aliphatic rings. The predicted octanol–water partition coefficient (Wildman–Crippen LogP) is 1.01. The summed E-state index contributed by atoms with van der Waals surface area (Å²) in [5.41, 5.74) is -0.420. The molecule has 0 spiro atoms. The molecule has 0 saturated carbocycles. The molecule has 0 bridgehead atoms. The van der Waals surface area contributed by atoms with Crippen LogP contribution in [0.5, 0.6) is 0 Å². The van der Waals surface area contributed by atoms with E-state index in [-0.39, 0.29) is 18.6 Å². The fourth-order valence-corrected chi connectivity index (χ4v) is 2.05. The lowest BCUT2D eigenvalue weighted by atomic mass is 9.78. The fraction of sp³-hybridized carbons (Fsp3) is 0.545. The first-order chi connectivity index (χ1) is 6.68. The van der Waals surface area contributed by atoms with E-state index >= 15 is 0 Å². The van der Waals surface area contributed by atoms with Crippen LogP contribution < -0.4 is 5.32 Å². The summed E-state index contributed by atoms with van der Waals surface area (Å²) >= 11 is 0. The minimum Gasteiger partial charge on any atom is -0.394 e. The Balaban J connectivity index is 2.81. The van der Waals surface area contributed by atoms with Gasteiger partial charge in [-0.05, 0) is 19.3 Å². The molecule has 2 N–H and O–H groups in total. The SMILES string of the molecule is C=CCC1(CC=C)C[C@@H](CO)NC1=O. The maximum atomic E-state index is 11.7. The first-order valence-electron chi connectivity index (χ1n) is 4.82. The molecule has 1 fully saturated rings. The van der Waals surface area contributed by atoms with Crippen LogP contribution in [0.25, 0.3) is 0 Å². The fourth-order valence-electron chi connectivity index (χ4n) is 2.05. The lowest BCUT2D eigenvalue weighted by Gasteiger charge is -2.22. The number of aliphatic hydroxyl groups excluding tert-OH is 1. The van der Waals surface area contributed by atoms with E-state index in [1.54, 1.807) is 12.2 Å². The lowest BCUT2D eigenvalue weighted by Crippen LogP contribution is -2.32. The van der Waals surface area contributed by atoms with Gasteiger partial charge in [-0.2, -0.15) is 0 Å². The largest absolute Gasteiger partial charge is 0.394 e. The smallest absolute Gasteiger partial charge is 0.227 e. The van der Waals surface area contributed by atoms with Gasteiger partial charge in [0.1, 0.15) is 0 Å². The summed E-state index contributed by atoms with van der Waals surface area (Å²) in [6.07, 6.45) is 5.45. The second-order valence-electron chi connectivity index (χ2n) is 3.82. The first kappa shape index (κ1) is 11.0. The molecule has 1 heterocycles. The van der Waals surface area contributed by atoms with Crippen molar-refractivity contribution in [1.29, 1.82) is 0 Å². The highest BCUT2D eigenvalue weighted by Crippen LogP contribution is 2.37. The summed E-state index contributed by atoms with van der Waals surface area (Å²) in [4.78, 5) is 11.7. The standard InChI is InChI=1S/C11H17NO2/c1-3-5-11(6-4-2)7-9(8-13)12-10(11)14/h3-4,9,13H,1-2,5-8H2,(H,12,14)/t9-/m0/s1. The molecule has 1 rings (SSSR count). The molecule has 0 radical (unpaired) electrons. The van der Waals surface area contributed by atoms with Crippen LogP contribution in [0.4, 0.5) is 0 Å². The van der Waals surface area contributed by atoms with E-state index in [1.165, 1.54) is 0 Å². The van der Waals surface area contributed by atoms with Crippen LogP contribution in [0.1, 0.15) is 19.3 Å². The second kappa shape index (κ2) is 4.42. The summed E-state index contributed by atoms with van der Waals surface area (Å²) in [6, 6.07) is -0.109. The third kappa shape index (κ3) is 1.87. The van der Waals surface area contributed by atoms with Gasteiger partial charge in [-0.25, -0.2) is 0 Å². The molecule has 3 nitrogen and oxygen atoms in total. The molecular formula is C11H17NO2. The average Bonchev–Trinajstić information content (AvgIpc) is 2.45. The normalized spacial score (nSPS) is 24.4. The Labute approximate surface area is 84.5 Å². The lowest BCUT2D eigenvalue weighted by molar-refractivity contribution is -0.127. The van der Waals surface area contributed by atoms with E-state index in [2.05, 4.69) is 18.5 Å². The number of carbonyl (C=O) groups excluding carboxylic acids is 1. The van der Waals surface area contributed by atoms with Gasteiger partial charge in [-0.3, -0.25) is 4.79 Å². The average molecular weight is 195 g/mol. The van der Waals surface area contributed by atoms with Gasteiger partial charge in [0, 0.05) is 0 Å². The molecular weight excluding hydrogens is 178 g/mol. The van der Waals surface area contributed by atoms with Crippen LogP contribution in [0.3, 0.4) is 0 Å². The van der Waals surface area contributed by atoms with Crippen LogP contribution in [0.15, 0.2) is 25.3 Å². The Morgan fingerprint density at radius 1 is 1.50 bits per heavy atom. The zero-order valence-electron chi connectivity index (χ0n) is 8.33. The van der Waals surface area contributed by atoms with Crippen molar-refractivity contribution in [2.24, 2.45) is 5.41 Å². The van der Waals surface area contributed by atoms with E-state index < -0.39 is 5.41 Å². The van der Waals surface area contributed by atoms with Crippen molar-refractivity contribution in [2.75, 3.05) is 6.61 Å². The van der Waals surface area contributed by atoms with Crippen molar-refractivity contribution >= 4 is 5.91 Å². The maximum absolute atomic E-state index is 11.7. The molecule has 1 atom stereocenters. The van der Waals surface area contributed by atoms with Gasteiger partial charge in [0.25, 0.3) is 0 Å². The van der Waals surface area contributed by atoms with Gasteiger partial charge in [0.15, 0.2) is 0 Å². The molecule has 0 unspecified atom stereocenters. The van der Waals surface area contributed by atoms with Gasteiger partial charge >= 0.3 is 0 Å². The van der Waals surface area contributed by atoms with Crippen molar-refractivity contribution in [3.63, 3.8) is 0 Å². The Morgan fingerprint density at radius 2 is 2.07 bits per heavy atom. The molecule has 0 aromatic heterocycles. The highest BCUT2D eigenvalue weighted by atomic mass is 16.3. The topological polar surface area (TPSA) is 49.3 Å². The highest BCUT2D eigenvalue weighted by Gasteiger charge is 2.44. The molecule has 0 aliphatic carbocycles. The summed E-state index contributed by atoms with van der Waals surface area (Å²) < 4.78 is 0. The number of nitrogens with one attached hydrogen (secondary N) is 1. The van der Waals surface area contributed by atoms with Crippen molar-refractivity contribution in [3.05, 3.63) is 25.3 Å². The summed E-state index contributed by atoms with van der Waals surface area (Å²) in [7, 11) is 0. The number of rotatable bonds is 5. The predicted molar refractivity (Wildman–Crippen MR) is 55.7 cm³/mol. The summed E-state index contributed by atoms with van der Waals surface area (Å²) in [5, 5.41) is 11.8. The molecule has 14 heavy (non-hydrogen) atoms. The number of allylic oxidation sites excluding steroid dienone is 2. The number of hydrogen-bond acceptors (Lipinski definition) is 2. The van der Waals surface area contributed by atoms with Crippen molar-refractivity contribution in [3.8, 4) is 0 Å². The van der Waals surface area contributed by atoms with Gasteiger partial charge in [-0.1, -0.05) is 12.2 Å². The van der Waals surface area contributed by atoms with E-state index in [4.69, 9.17) is 5.11 Å². The molecule has 1 amide bonds. The van der Waals surface area contributed by atoms with E-state index in [0.29, 0.717) is 19.3 Å². The van der Waals surface area contributed by atoms with Gasteiger partial charge in [-0.15, -0.1) is 13.2 Å². The van der Waals surface area contributed by atoms with Crippen LogP contribution >= 0.6 is 0 Å². The molecule has 3 heteroatoms. The second-order valence-corrected chi connectivity index (χ2v) is 3.82. The maximum Gasteiger partial charge on any atom is 0.227 e. The molecule has 0 aromatic rings. The van der Waals surface area contributed by atoms with Crippen molar-refractivity contribution in [2.45, 2.75) is 25.3 Å². The monoisotopic (exact) mass is 195 g/mol. The Hall–Kier alpha value is -1.09. The van der Waals surface area contributed by atoms with Crippen LogP contribution in [-0.2, 0) is 4.79 Å². The molecule has 78 valence electrons. The van der Waals surface area contributed by atoms with E-state index in [9.17, 15) is 4.79 Å². The van der Waals surface area contributed by atoms with Crippen LogP contribution in [-0.4, -0.2) is 23.7 Å². The van der Waals surface area contributed by atoms with Crippen LogP contribution in [0, 0.1) is 5.41 Å². The number of aliphatic hydroxyl groups is 1. The Kier molecular flexibility index (Phi) is 3.47. The van der Waals surface area contributed by atoms with Gasteiger partial charge in [0.05, 0.1) is 18.1 Å². The van der Waals surface area contributed by atoms with E-state index in [1.807, 2.05) is 0 Å². The number of hydrogen-bond donors (Lipinski definition) is 2. The molecule has 1 saturated heterocycles. The van der Waals surface area contributed by atoms with Crippen molar-refractivity contribution in [1.82, 2.24) is 5.32 Å². The summed E-state index contributed by atoms with van der Waals surface area (Å²) in [5.74, 6) is 0.0105. The molecule has 1 aliphatic heterocycles. The van der Waals surface area contributed by atoms with Gasteiger partial charge < -0.3 is 10.4 Å². The van der Waals surface area contributed by atoms with E-state index in [0.717, 1.165) is 0 Å². The minimum atomic E-state index is -0.420. The third-order valence-electron chi connectivity index (χ3n) is 2.74. The first-order valence-corrected chi connectivity index (χ1v) is 4.82. The zero-order valence-corrected chi connectivity index (χ0v) is 8.33. The van der Waals surface area contributed by atoms with Crippen molar-refractivity contribution < 1.29 is 9.90 Å². The summed E-state index contributed by atoms with van der Waals surface area (Å²) in [6.45, 7) is 7.32. The number of carbonyl (C=O) groups is 1. The Morgan fingerprint density at radius 3 is 2.43 bits per heavy atom. The quantitative estimate of drug-likeness (QED) is 0.643. The highest BCUT2D eigenvalue weighted by molar-refractivity contribution is 5.85. The Bertz CT molecular complexity index is 238. The van der Waals surface area contributed by atoms with Crippen LogP contribution in [0.2, 0.25) is 0 Å². The number of amides is 1. The zero-order chi connectivity index (χ0) is 10.6. The minimum absolute atomic E-state index is 0.00176.